The molecule has 5 heteroatoms. The zero-order chi connectivity index (χ0) is 13.0. The van der Waals surface area contributed by atoms with Crippen molar-refractivity contribution < 1.29 is 9.53 Å². The van der Waals surface area contributed by atoms with E-state index in [1.807, 2.05) is 0 Å². The lowest BCUT2D eigenvalue weighted by Gasteiger charge is -2.15. The number of nitrogens with one attached hydrogen (secondary N) is 1. The Balaban J connectivity index is 1.87. The second-order valence-electron chi connectivity index (χ2n) is 4.77. The maximum absolute atomic E-state index is 11.9. The normalized spacial score (nSPS) is 16.3. The summed E-state index contributed by atoms with van der Waals surface area (Å²) in [5.41, 5.74) is 0.669. The third-order valence-corrected chi connectivity index (χ3v) is 3.72. The molecule has 2 rings (SSSR count). The molecule has 0 aliphatic heterocycles. The van der Waals surface area contributed by atoms with E-state index in [1.54, 1.807) is 25.4 Å². The van der Waals surface area contributed by atoms with Crippen molar-refractivity contribution in [3.05, 3.63) is 29.0 Å². The first-order valence-corrected chi connectivity index (χ1v) is 6.42. The number of nitrogens with zero attached hydrogens (tertiary/aromatic N) is 1. The van der Waals surface area contributed by atoms with Crippen molar-refractivity contribution in [2.45, 2.75) is 19.3 Å². The second kappa shape index (κ2) is 5.67. The molecule has 0 saturated heterocycles. The minimum Gasteiger partial charge on any atom is -0.385 e. The number of amides is 1. The highest BCUT2D eigenvalue weighted by molar-refractivity contribution is 6.32. The molecule has 0 bridgehead atoms. The van der Waals surface area contributed by atoms with Crippen molar-refractivity contribution in [1.82, 2.24) is 10.3 Å². The van der Waals surface area contributed by atoms with Crippen molar-refractivity contribution in [3.8, 4) is 0 Å². The predicted octanol–water partition coefficient (Wildman–Crippen LogP) is 2.28. The van der Waals surface area contributed by atoms with Crippen LogP contribution in [0.3, 0.4) is 0 Å². The molecule has 1 amide bonds. The standard InChI is InChI=1S/C13H17ClN2O2/c1-18-8-6-13(4-5-13)9-16-12(17)10-3-2-7-15-11(10)14/h2-3,7H,4-6,8-9H2,1H3,(H,16,17). The molecule has 1 aliphatic rings. The Kier molecular flexibility index (Phi) is 4.19. The van der Waals surface area contributed by atoms with Crippen LogP contribution in [0, 0.1) is 5.41 Å². The molecule has 0 unspecified atom stereocenters. The van der Waals surface area contributed by atoms with Gasteiger partial charge in [0.05, 0.1) is 5.56 Å². The van der Waals surface area contributed by atoms with Gasteiger partial charge in [-0.05, 0) is 36.8 Å². The lowest BCUT2D eigenvalue weighted by molar-refractivity contribution is 0.0937. The van der Waals surface area contributed by atoms with E-state index in [0.29, 0.717) is 12.1 Å². The summed E-state index contributed by atoms with van der Waals surface area (Å²) in [6.45, 7) is 1.42. The molecule has 1 fully saturated rings. The topological polar surface area (TPSA) is 51.2 Å². The van der Waals surface area contributed by atoms with Gasteiger partial charge in [0, 0.05) is 26.5 Å². The Morgan fingerprint density at radius 3 is 3.00 bits per heavy atom. The average Bonchev–Trinajstić information content (AvgIpc) is 3.15. The summed E-state index contributed by atoms with van der Waals surface area (Å²) in [4.78, 5) is 15.8. The Hall–Kier alpha value is -1.13. The van der Waals surface area contributed by atoms with Crippen LogP contribution in [0.5, 0.6) is 0 Å². The molecule has 0 radical (unpaired) electrons. The third-order valence-electron chi connectivity index (χ3n) is 3.42. The molecule has 0 spiro atoms. The summed E-state index contributed by atoms with van der Waals surface area (Å²) >= 11 is 5.88. The highest BCUT2D eigenvalue weighted by atomic mass is 35.5. The van der Waals surface area contributed by atoms with Crippen molar-refractivity contribution >= 4 is 17.5 Å². The van der Waals surface area contributed by atoms with Crippen LogP contribution in [0.4, 0.5) is 0 Å². The molecule has 1 saturated carbocycles. The summed E-state index contributed by atoms with van der Waals surface area (Å²) < 4.78 is 5.08. The van der Waals surface area contributed by atoms with E-state index in [2.05, 4.69) is 10.3 Å². The summed E-state index contributed by atoms with van der Waals surface area (Å²) in [6, 6.07) is 3.39. The Morgan fingerprint density at radius 1 is 1.61 bits per heavy atom. The SMILES string of the molecule is COCCC1(CNC(=O)c2cccnc2Cl)CC1. The highest BCUT2D eigenvalue weighted by Crippen LogP contribution is 2.48. The number of pyridine rings is 1. The summed E-state index contributed by atoms with van der Waals surface area (Å²) in [6.07, 6.45) is 4.86. The van der Waals surface area contributed by atoms with Crippen LogP contribution in [0.1, 0.15) is 29.6 Å². The average molecular weight is 269 g/mol. The Labute approximate surface area is 112 Å². The summed E-state index contributed by atoms with van der Waals surface area (Å²) in [7, 11) is 1.70. The number of hydrogen-bond donors (Lipinski definition) is 1. The number of aromatic nitrogens is 1. The van der Waals surface area contributed by atoms with Gasteiger partial charge in [0.2, 0.25) is 0 Å². The van der Waals surface area contributed by atoms with Crippen LogP contribution in [-0.2, 0) is 4.74 Å². The second-order valence-corrected chi connectivity index (χ2v) is 5.13. The van der Waals surface area contributed by atoms with Gasteiger partial charge in [0.1, 0.15) is 5.15 Å². The monoisotopic (exact) mass is 268 g/mol. The van der Waals surface area contributed by atoms with Crippen molar-refractivity contribution in [2.24, 2.45) is 5.41 Å². The van der Waals surface area contributed by atoms with E-state index in [4.69, 9.17) is 16.3 Å². The van der Waals surface area contributed by atoms with E-state index in [1.165, 1.54) is 0 Å². The van der Waals surface area contributed by atoms with Gasteiger partial charge in [-0.2, -0.15) is 0 Å². The minimum absolute atomic E-state index is 0.156. The van der Waals surface area contributed by atoms with Gasteiger partial charge >= 0.3 is 0 Å². The number of halogens is 1. The predicted molar refractivity (Wildman–Crippen MR) is 69.7 cm³/mol. The molecule has 1 heterocycles. The van der Waals surface area contributed by atoms with Gasteiger partial charge in [0.15, 0.2) is 0 Å². The molecule has 1 aromatic heterocycles. The first-order valence-electron chi connectivity index (χ1n) is 6.04. The first kappa shape index (κ1) is 13.3. The quantitative estimate of drug-likeness (QED) is 0.806. The largest absolute Gasteiger partial charge is 0.385 e. The molecule has 98 valence electrons. The van der Waals surface area contributed by atoms with Gasteiger partial charge in [-0.3, -0.25) is 4.79 Å². The van der Waals surface area contributed by atoms with Crippen LogP contribution < -0.4 is 5.32 Å². The van der Waals surface area contributed by atoms with Crippen LogP contribution in [0.15, 0.2) is 18.3 Å². The van der Waals surface area contributed by atoms with Crippen LogP contribution in [-0.4, -0.2) is 31.2 Å². The molecule has 1 aliphatic carbocycles. The van der Waals surface area contributed by atoms with Crippen molar-refractivity contribution in [1.29, 1.82) is 0 Å². The maximum atomic E-state index is 11.9. The van der Waals surface area contributed by atoms with Crippen molar-refractivity contribution in [2.75, 3.05) is 20.3 Å². The number of carbonyl (C=O) groups is 1. The molecular weight excluding hydrogens is 252 g/mol. The highest BCUT2D eigenvalue weighted by Gasteiger charge is 2.42. The Morgan fingerprint density at radius 2 is 2.39 bits per heavy atom. The van der Waals surface area contributed by atoms with E-state index >= 15 is 0 Å². The van der Waals surface area contributed by atoms with Crippen LogP contribution in [0.2, 0.25) is 5.15 Å². The number of hydrogen-bond acceptors (Lipinski definition) is 3. The van der Waals surface area contributed by atoms with E-state index < -0.39 is 0 Å². The summed E-state index contributed by atoms with van der Waals surface area (Å²) in [5, 5.41) is 3.18. The van der Waals surface area contributed by atoms with Gasteiger partial charge in [0.25, 0.3) is 5.91 Å². The lowest BCUT2D eigenvalue weighted by atomic mass is 10.0. The number of carbonyl (C=O) groups excluding carboxylic acids is 1. The molecule has 18 heavy (non-hydrogen) atoms. The fourth-order valence-electron chi connectivity index (χ4n) is 1.93. The number of methoxy groups -OCH3 is 1. The zero-order valence-corrected chi connectivity index (χ0v) is 11.2. The zero-order valence-electron chi connectivity index (χ0n) is 10.4. The van der Waals surface area contributed by atoms with Gasteiger partial charge in [-0.1, -0.05) is 11.6 Å². The third kappa shape index (κ3) is 3.21. The summed E-state index contributed by atoms with van der Waals surface area (Å²) in [5.74, 6) is -0.156. The fourth-order valence-corrected chi connectivity index (χ4v) is 2.13. The van der Waals surface area contributed by atoms with Gasteiger partial charge in [-0.25, -0.2) is 4.98 Å². The van der Waals surface area contributed by atoms with Gasteiger partial charge in [-0.15, -0.1) is 0 Å². The maximum Gasteiger partial charge on any atom is 0.254 e. The van der Waals surface area contributed by atoms with Crippen LogP contribution in [0.25, 0.3) is 0 Å². The van der Waals surface area contributed by atoms with Crippen LogP contribution >= 0.6 is 11.6 Å². The van der Waals surface area contributed by atoms with E-state index in [-0.39, 0.29) is 16.5 Å². The van der Waals surface area contributed by atoms with Gasteiger partial charge < -0.3 is 10.1 Å². The minimum atomic E-state index is -0.156. The smallest absolute Gasteiger partial charge is 0.254 e. The molecule has 4 nitrogen and oxygen atoms in total. The Bertz CT molecular complexity index is 433. The van der Waals surface area contributed by atoms with E-state index in [0.717, 1.165) is 25.9 Å². The molecular formula is C13H17ClN2O2. The molecule has 0 atom stereocenters. The number of rotatable bonds is 6. The molecule has 0 aromatic carbocycles. The molecule has 1 N–H and O–H groups in total. The number of ether oxygens (including phenoxy) is 1. The van der Waals surface area contributed by atoms with E-state index in [9.17, 15) is 4.79 Å². The first-order chi connectivity index (χ1) is 8.67. The van der Waals surface area contributed by atoms with Crippen molar-refractivity contribution in [3.63, 3.8) is 0 Å². The fraction of sp³-hybridized carbons (Fsp3) is 0.538. The lowest BCUT2D eigenvalue weighted by Crippen LogP contribution is -2.31. The molecule has 1 aromatic rings.